The lowest BCUT2D eigenvalue weighted by molar-refractivity contribution is -0.120. The predicted octanol–water partition coefficient (Wildman–Crippen LogP) is 0.466. The number of piperazine rings is 1. The maximum absolute atomic E-state index is 12.8. The Morgan fingerprint density at radius 3 is 2.81 bits per heavy atom. The van der Waals surface area contributed by atoms with Crippen LogP contribution in [0.1, 0.15) is 12.5 Å². The van der Waals surface area contributed by atoms with Gasteiger partial charge in [0.2, 0.25) is 5.91 Å². The van der Waals surface area contributed by atoms with Gasteiger partial charge in [0, 0.05) is 57.7 Å². The summed E-state index contributed by atoms with van der Waals surface area (Å²) in [4.78, 5) is 28.3. The normalized spacial score (nSPS) is 17.9. The molecule has 4 heterocycles. The summed E-state index contributed by atoms with van der Waals surface area (Å²) in [6, 6.07) is 4.01. The molecule has 0 aromatic carbocycles. The first-order chi connectivity index (χ1) is 15.2. The molecule has 2 aliphatic heterocycles. The minimum atomic E-state index is 0.0419. The number of aryl methyl sites for hydroxylation is 1. The number of rotatable bonds is 5. The maximum atomic E-state index is 12.8. The average Bonchev–Trinajstić information content (AvgIpc) is 3.23. The topological polar surface area (TPSA) is 91.1 Å². The van der Waals surface area contributed by atoms with Crippen LogP contribution in [0.15, 0.2) is 35.7 Å². The van der Waals surface area contributed by atoms with E-state index in [4.69, 9.17) is 9.73 Å². The maximum Gasteiger partial charge on any atom is 0.246 e. The van der Waals surface area contributed by atoms with E-state index < -0.39 is 0 Å². The number of anilines is 2. The summed E-state index contributed by atoms with van der Waals surface area (Å²) in [7, 11) is 1.85. The smallest absolute Gasteiger partial charge is 0.246 e. The first-order valence-corrected chi connectivity index (χ1v) is 10.7. The number of hydrogen-bond acceptors (Lipinski definition) is 6. The second kappa shape index (κ2) is 9.78. The van der Waals surface area contributed by atoms with Gasteiger partial charge in [-0.2, -0.15) is 5.10 Å². The Morgan fingerprint density at radius 2 is 2.10 bits per heavy atom. The standard InChI is InChI=1S/C21H30N8O2/c1-3-22-21(28-7-8-29(19(30)16-28)18-14-25-26(2)15-18)24-13-17-5-4-6-23-20(17)27-9-11-31-12-10-27/h4-6,14-15H,3,7-13,16H2,1-2H3,(H,22,24). The molecule has 10 nitrogen and oxygen atoms in total. The number of carbonyl (C=O) groups is 1. The number of carbonyl (C=O) groups excluding carboxylic acids is 1. The largest absolute Gasteiger partial charge is 0.378 e. The van der Waals surface area contributed by atoms with Gasteiger partial charge in [-0.1, -0.05) is 6.07 Å². The van der Waals surface area contributed by atoms with Crippen molar-refractivity contribution in [1.29, 1.82) is 0 Å². The van der Waals surface area contributed by atoms with Gasteiger partial charge < -0.3 is 24.8 Å². The lowest BCUT2D eigenvalue weighted by atomic mass is 10.2. The van der Waals surface area contributed by atoms with E-state index in [0.29, 0.717) is 32.8 Å². The Hall–Kier alpha value is -3.14. The molecule has 0 atom stereocenters. The minimum Gasteiger partial charge on any atom is -0.378 e. The fourth-order valence-corrected chi connectivity index (χ4v) is 3.87. The molecule has 0 aliphatic carbocycles. The van der Waals surface area contributed by atoms with E-state index in [1.807, 2.05) is 37.3 Å². The second-order valence-electron chi connectivity index (χ2n) is 7.59. The van der Waals surface area contributed by atoms with E-state index in [1.165, 1.54) is 0 Å². The monoisotopic (exact) mass is 426 g/mol. The summed E-state index contributed by atoms with van der Waals surface area (Å²) in [5.41, 5.74) is 1.90. The van der Waals surface area contributed by atoms with Crippen LogP contribution in [-0.2, 0) is 23.1 Å². The van der Waals surface area contributed by atoms with Crippen molar-refractivity contribution in [1.82, 2.24) is 25.0 Å². The molecule has 31 heavy (non-hydrogen) atoms. The van der Waals surface area contributed by atoms with Gasteiger partial charge in [0.25, 0.3) is 0 Å². The molecule has 4 rings (SSSR count). The summed E-state index contributed by atoms with van der Waals surface area (Å²) in [6.45, 7) is 7.94. The molecule has 2 aliphatic rings. The first kappa shape index (κ1) is 21.1. The van der Waals surface area contributed by atoms with Crippen molar-refractivity contribution in [3.8, 4) is 0 Å². The Bertz CT molecular complexity index is 922. The van der Waals surface area contributed by atoms with Crippen molar-refractivity contribution >= 4 is 23.4 Å². The Kier molecular flexibility index (Phi) is 6.66. The van der Waals surface area contributed by atoms with Gasteiger partial charge in [0.1, 0.15) is 12.4 Å². The van der Waals surface area contributed by atoms with Gasteiger partial charge in [-0.15, -0.1) is 0 Å². The Morgan fingerprint density at radius 1 is 1.26 bits per heavy atom. The van der Waals surface area contributed by atoms with E-state index in [9.17, 15) is 4.79 Å². The molecule has 10 heteroatoms. The fourth-order valence-electron chi connectivity index (χ4n) is 3.87. The molecule has 0 bridgehead atoms. The van der Waals surface area contributed by atoms with Gasteiger partial charge in [-0.25, -0.2) is 9.98 Å². The van der Waals surface area contributed by atoms with Crippen LogP contribution in [0.5, 0.6) is 0 Å². The summed E-state index contributed by atoms with van der Waals surface area (Å²) in [6.07, 6.45) is 5.41. The number of nitrogens with one attached hydrogen (secondary N) is 1. The number of morpholine rings is 1. The van der Waals surface area contributed by atoms with Crippen molar-refractivity contribution in [2.45, 2.75) is 13.5 Å². The highest BCUT2D eigenvalue weighted by Crippen LogP contribution is 2.20. The highest BCUT2D eigenvalue weighted by atomic mass is 16.5. The zero-order valence-corrected chi connectivity index (χ0v) is 18.2. The number of nitrogens with zero attached hydrogens (tertiary/aromatic N) is 7. The number of pyridine rings is 1. The van der Waals surface area contributed by atoms with E-state index in [2.05, 4.69) is 26.4 Å². The zero-order chi connectivity index (χ0) is 21.6. The van der Waals surface area contributed by atoms with Gasteiger partial charge >= 0.3 is 0 Å². The van der Waals surface area contributed by atoms with Gasteiger partial charge in [-0.3, -0.25) is 9.48 Å². The van der Waals surface area contributed by atoms with Crippen LogP contribution in [0.2, 0.25) is 0 Å². The number of aromatic nitrogens is 3. The van der Waals surface area contributed by atoms with Crippen molar-refractivity contribution in [2.75, 3.05) is 62.3 Å². The molecule has 1 amide bonds. The molecule has 2 fully saturated rings. The van der Waals surface area contributed by atoms with Crippen LogP contribution in [0.25, 0.3) is 0 Å². The van der Waals surface area contributed by atoms with E-state index >= 15 is 0 Å². The minimum absolute atomic E-state index is 0.0419. The molecular weight excluding hydrogens is 396 g/mol. The zero-order valence-electron chi connectivity index (χ0n) is 18.2. The van der Waals surface area contributed by atoms with Crippen molar-refractivity contribution in [3.63, 3.8) is 0 Å². The molecule has 0 spiro atoms. The summed E-state index contributed by atoms with van der Waals surface area (Å²) in [5, 5.41) is 7.51. The van der Waals surface area contributed by atoms with Crippen LogP contribution in [-0.4, -0.2) is 84.0 Å². The van der Waals surface area contributed by atoms with Crippen LogP contribution >= 0.6 is 0 Å². The molecule has 1 N–H and O–H groups in total. The summed E-state index contributed by atoms with van der Waals surface area (Å²) < 4.78 is 7.18. The Balaban J connectivity index is 1.46. The number of ether oxygens (including phenoxy) is 1. The third-order valence-electron chi connectivity index (χ3n) is 5.44. The highest BCUT2D eigenvalue weighted by Gasteiger charge is 2.27. The van der Waals surface area contributed by atoms with Crippen molar-refractivity contribution < 1.29 is 9.53 Å². The molecule has 2 saturated heterocycles. The number of amides is 1. The quantitative estimate of drug-likeness (QED) is 0.549. The number of guanidine groups is 1. The van der Waals surface area contributed by atoms with Crippen molar-refractivity contribution in [3.05, 3.63) is 36.3 Å². The van der Waals surface area contributed by atoms with Crippen LogP contribution in [0, 0.1) is 0 Å². The van der Waals surface area contributed by atoms with Gasteiger partial charge in [0.15, 0.2) is 5.96 Å². The van der Waals surface area contributed by atoms with E-state index in [1.54, 1.807) is 15.8 Å². The van der Waals surface area contributed by atoms with Crippen LogP contribution < -0.4 is 15.1 Å². The lowest BCUT2D eigenvalue weighted by Gasteiger charge is -2.35. The molecule has 166 valence electrons. The lowest BCUT2D eigenvalue weighted by Crippen LogP contribution is -2.55. The van der Waals surface area contributed by atoms with Crippen LogP contribution in [0.4, 0.5) is 11.5 Å². The molecule has 0 unspecified atom stereocenters. The Labute approximate surface area is 182 Å². The van der Waals surface area contributed by atoms with E-state index in [0.717, 1.165) is 42.7 Å². The number of aliphatic imine (C=N–C) groups is 1. The van der Waals surface area contributed by atoms with Gasteiger partial charge in [0.05, 0.1) is 31.6 Å². The second-order valence-corrected chi connectivity index (χ2v) is 7.59. The first-order valence-electron chi connectivity index (χ1n) is 10.7. The molecule has 0 saturated carbocycles. The summed E-state index contributed by atoms with van der Waals surface area (Å²) in [5.74, 6) is 1.75. The average molecular weight is 427 g/mol. The summed E-state index contributed by atoms with van der Waals surface area (Å²) >= 11 is 0. The molecule has 2 aromatic rings. The molecule has 2 aromatic heterocycles. The fraction of sp³-hybridized carbons (Fsp3) is 0.524. The van der Waals surface area contributed by atoms with E-state index in [-0.39, 0.29) is 12.5 Å². The SMILES string of the molecule is CCNC(=NCc1cccnc1N1CCOCC1)N1CCN(c2cnn(C)c2)C(=O)C1. The van der Waals surface area contributed by atoms with Crippen LogP contribution in [0.3, 0.4) is 0 Å². The predicted molar refractivity (Wildman–Crippen MR) is 119 cm³/mol. The van der Waals surface area contributed by atoms with Crippen molar-refractivity contribution in [2.24, 2.45) is 12.0 Å². The third-order valence-corrected chi connectivity index (χ3v) is 5.44. The van der Waals surface area contributed by atoms with Gasteiger partial charge in [-0.05, 0) is 13.0 Å². The highest BCUT2D eigenvalue weighted by molar-refractivity contribution is 5.98. The molecule has 0 radical (unpaired) electrons. The molecular formula is C21H30N8O2. The number of hydrogen-bond donors (Lipinski definition) is 1. The third kappa shape index (κ3) is 4.96.